The fourth-order valence-electron chi connectivity index (χ4n) is 1.34. The van der Waals surface area contributed by atoms with Crippen molar-refractivity contribution in [2.45, 2.75) is 32.2 Å². The molecule has 0 aromatic rings. The molecule has 0 aliphatic carbocycles. The van der Waals surface area contributed by atoms with Gasteiger partial charge >= 0.3 is 0 Å². The van der Waals surface area contributed by atoms with E-state index >= 15 is 0 Å². The van der Waals surface area contributed by atoms with Crippen molar-refractivity contribution in [3.8, 4) is 0 Å². The van der Waals surface area contributed by atoms with Crippen LogP contribution in [-0.4, -0.2) is 50.4 Å². The molecule has 0 fully saturated rings. The fraction of sp³-hybridized carbons (Fsp3) is 0.900. The van der Waals surface area contributed by atoms with Gasteiger partial charge in [0.25, 0.3) is 0 Å². The first-order chi connectivity index (χ1) is 7.16. The van der Waals surface area contributed by atoms with Crippen LogP contribution in [0.3, 0.4) is 0 Å². The Bertz CT molecular complexity index is 334. The molecule has 0 aliphatic rings. The lowest BCUT2D eigenvalue weighted by Gasteiger charge is -2.30. The van der Waals surface area contributed by atoms with Crippen LogP contribution in [0.2, 0.25) is 0 Å². The molecular weight excluding hydrogens is 228 g/mol. The van der Waals surface area contributed by atoms with E-state index in [4.69, 9.17) is 5.73 Å². The van der Waals surface area contributed by atoms with E-state index in [1.807, 2.05) is 13.8 Å². The molecule has 0 bridgehead atoms. The summed E-state index contributed by atoms with van der Waals surface area (Å²) >= 11 is 0. The Morgan fingerprint density at radius 2 is 1.75 bits per heavy atom. The summed E-state index contributed by atoms with van der Waals surface area (Å²) in [6.45, 7) is 3.90. The highest BCUT2D eigenvalue weighted by Crippen LogP contribution is 2.14. The van der Waals surface area contributed by atoms with Crippen molar-refractivity contribution < 1.29 is 13.2 Å². The summed E-state index contributed by atoms with van der Waals surface area (Å²) in [5.74, 6) is -0.222. The van der Waals surface area contributed by atoms with Crippen LogP contribution in [-0.2, 0) is 14.6 Å². The molecule has 0 aliphatic heterocycles. The third-order valence-electron chi connectivity index (χ3n) is 2.83. The number of hydrogen-bond donors (Lipinski definition) is 1. The maximum atomic E-state index is 12.0. The van der Waals surface area contributed by atoms with Gasteiger partial charge < -0.3 is 10.6 Å². The molecular formula is C10H22N2O3S. The molecule has 0 saturated carbocycles. The number of rotatable bonds is 6. The minimum atomic E-state index is -3.05. The van der Waals surface area contributed by atoms with Gasteiger partial charge in [-0.2, -0.15) is 0 Å². The lowest BCUT2D eigenvalue weighted by Crippen LogP contribution is -2.54. The predicted molar refractivity (Wildman–Crippen MR) is 64.8 cm³/mol. The average Bonchev–Trinajstić information content (AvgIpc) is 2.22. The van der Waals surface area contributed by atoms with Crippen molar-refractivity contribution in [1.29, 1.82) is 0 Å². The lowest BCUT2D eigenvalue weighted by molar-refractivity contribution is -0.135. The molecule has 2 N–H and O–H groups in total. The summed E-state index contributed by atoms with van der Waals surface area (Å²) in [5.41, 5.74) is 5.07. The van der Waals surface area contributed by atoms with Crippen LogP contribution >= 0.6 is 0 Å². The third kappa shape index (κ3) is 4.49. The van der Waals surface area contributed by atoms with Crippen molar-refractivity contribution in [1.82, 2.24) is 4.90 Å². The molecule has 96 valence electrons. The normalized spacial score (nSPS) is 12.6. The van der Waals surface area contributed by atoms with Gasteiger partial charge in [-0.3, -0.25) is 4.79 Å². The maximum absolute atomic E-state index is 12.0. The highest BCUT2D eigenvalue weighted by Gasteiger charge is 2.32. The Balaban J connectivity index is 4.50. The van der Waals surface area contributed by atoms with Crippen molar-refractivity contribution in [2.24, 2.45) is 5.73 Å². The van der Waals surface area contributed by atoms with Crippen molar-refractivity contribution in [3.63, 3.8) is 0 Å². The number of sulfone groups is 1. The van der Waals surface area contributed by atoms with Crippen molar-refractivity contribution in [3.05, 3.63) is 0 Å². The summed E-state index contributed by atoms with van der Waals surface area (Å²) in [6.07, 6.45) is 2.25. The van der Waals surface area contributed by atoms with Gasteiger partial charge in [-0.05, 0) is 12.8 Å². The van der Waals surface area contributed by atoms with E-state index in [1.54, 1.807) is 7.05 Å². The molecule has 0 heterocycles. The monoisotopic (exact) mass is 250 g/mol. The van der Waals surface area contributed by atoms with Gasteiger partial charge in [0, 0.05) is 19.8 Å². The van der Waals surface area contributed by atoms with E-state index in [1.165, 1.54) is 4.90 Å². The minimum absolute atomic E-state index is 0.0290. The molecule has 0 aromatic carbocycles. The van der Waals surface area contributed by atoms with E-state index in [0.717, 1.165) is 6.26 Å². The second kappa shape index (κ2) is 5.63. The van der Waals surface area contributed by atoms with Crippen LogP contribution in [0.4, 0.5) is 0 Å². The average molecular weight is 250 g/mol. The quantitative estimate of drug-likeness (QED) is 0.720. The van der Waals surface area contributed by atoms with E-state index in [-0.39, 0.29) is 18.2 Å². The van der Waals surface area contributed by atoms with Crippen LogP contribution in [0.1, 0.15) is 26.7 Å². The van der Waals surface area contributed by atoms with Gasteiger partial charge in [-0.15, -0.1) is 0 Å². The predicted octanol–water partition coefficient (Wildman–Crippen LogP) is 0.00690. The Labute approximate surface area is 97.9 Å². The fourth-order valence-corrected chi connectivity index (χ4v) is 1.94. The van der Waals surface area contributed by atoms with Gasteiger partial charge in [0.15, 0.2) is 0 Å². The second-order valence-electron chi connectivity index (χ2n) is 4.22. The van der Waals surface area contributed by atoms with Crippen LogP contribution in [0, 0.1) is 0 Å². The number of likely N-dealkylation sites (N-methyl/N-ethyl adjacent to an activating group) is 1. The van der Waals surface area contributed by atoms with Crippen LogP contribution in [0.5, 0.6) is 0 Å². The first-order valence-electron chi connectivity index (χ1n) is 5.38. The SMILES string of the molecule is CCC(N)(CC)C(=O)N(C)CCS(C)(=O)=O. The largest absolute Gasteiger partial charge is 0.343 e. The third-order valence-corrected chi connectivity index (χ3v) is 3.76. The highest BCUT2D eigenvalue weighted by molar-refractivity contribution is 7.90. The minimum Gasteiger partial charge on any atom is -0.343 e. The van der Waals surface area contributed by atoms with Crippen LogP contribution in [0.15, 0.2) is 0 Å². The highest BCUT2D eigenvalue weighted by atomic mass is 32.2. The summed E-state index contributed by atoms with van der Waals surface area (Å²) in [7, 11) is -1.46. The molecule has 0 atom stereocenters. The topological polar surface area (TPSA) is 80.5 Å². The van der Waals surface area contributed by atoms with Gasteiger partial charge in [0.1, 0.15) is 9.84 Å². The smallest absolute Gasteiger partial charge is 0.242 e. The Morgan fingerprint density at radius 3 is 2.06 bits per heavy atom. The van der Waals surface area contributed by atoms with E-state index in [9.17, 15) is 13.2 Å². The standard InChI is InChI=1S/C10H22N2O3S/c1-5-10(11,6-2)9(13)12(3)7-8-16(4,14)15/h5-8,11H2,1-4H3. The zero-order valence-electron chi connectivity index (χ0n) is 10.5. The molecule has 0 unspecified atom stereocenters. The Hall–Kier alpha value is -0.620. The second-order valence-corrected chi connectivity index (χ2v) is 6.48. The molecule has 16 heavy (non-hydrogen) atoms. The number of carbonyl (C=O) groups excluding carboxylic acids is 1. The summed E-state index contributed by atoms with van der Waals surface area (Å²) in [6, 6.07) is 0. The molecule has 6 heteroatoms. The number of nitrogens with zero attached hydrogens (tertiary/aromatic N) is 1. The molecule has 0 rings (SSSR count). The first kappa shape index (κ1) is 15.4. The van der Waals surface area contributed by atoms with E-state index in [0.29, 0.717) is 12.8 Å². The summed E-state index contributed by atoms with van der Waals surface area (Å²) in [4.78, 5) is 13.3. The maximum Gasteiger partial charge on any atom is 0.242 e. The van der Waals surface area contributed by atoms with Gasteiger partial charge in [-0.1, -0.05) is 13.8 Å². The van der Waals surface area contributed by atoms with Crippen LogP contribution < -0.4 is 5.73 Å². The lowest BCUT2D eigenvalue weighted by atomic mass is 9.92. The van der Waals surface area contributed by atoms with Gasteiger partial charge in [0.05, 0.1) is 11.3 Å². The molecule has 0 spiro atoms. The van der Waals surface area contributed by atoms with Gasteiger partial charge in [0.2, 0.25) is 5.91 Å². The summed E-state index contributed by atoms with van der Waals surface area (Å²) in [5, 5.41) is 0. The summed E-state index contributed by atoms with van der Waals surface area (Å²) < 4.78 is 22.0. The molecule has 0 radical (unpaired) electrons. The molecule has 1 amide bonds. The first-order valence-corrected chi connectivity index (χ1v) is 7.44. The Kier molecular flexibility index (Phi) is 5.41. The van der Waals surface area contributed by atoms with E-state index in [2.05, 4.69) is 0 Å². The number of carbonyl (C=O) groups is 1. The number of nitrogens with two attached hydrogens (primary N) is 1. The molecule has 0 saturated heterocycles. The number of hydrogen-bond acceptors (Lipinski definition) is 4. The van der Waals surface area contributed by atoms with Crippen LogP contribution in [0.25, 0.3) is 0 Å². The Morgan fingerprint density at radius 1 is 1.31 bits per heavy atom. The zero-order valence-corrected chi connectivity index (χ0v) is 11.3. The molecule has 5 nitrogen and oxygen atoms in total. The van der Waals surface area contributed by atoms with E-state index < -0.39 is 15.4 Å². The van der Waals surface area contributed by atoms with Gasteiger partial charge in [-0.25, -0.2) is 8.42 Å². The zero-order chi connectivity index (χ0) is 13.0. The molecule has 0 aromatic heterocycles. The van der Waals surface area contributed by atoms with Crippen molar-refractivity contribution >= 4 is 15.7 Å². The van der Waals surface area contributed by atoms with Crippen molar-refractivity contribution in [2.75, 3.05) is 25.6 Å². The number of amides is 1.